The number of carbonyl (C=O) groups is 2. The maximum absolute atomic E-state index is 12.9. The van der Waals surface area contributed by atoms with Crippen LogP contribution in [0.4, 0.5) is 28.8 Å². The molecular weight excluding hydrogens is 482 g/mol. The normalized spacial score (nSPS) is 18.2. The second kappa shape index (κ2) is 11.1. The highest BCUT2D eigenvalue weighted by Gasteiger charge is 2.28. The molecule has 10 heteroatoms. The quantitative estimate of drug-likeness (QED) is 0.453. The Morgan fingerprint density at radius 1 is 1.13 bits per heavy atom. The Kier molecular flexibility index (Phi) is 7.41. The average molecular weight is 516 g/mol. The molecule has 5 rings (SSSR count). The van der Waals surface area contributed by atoms with Crippen molar-refractivity contribution in [2.45, 2.75) is 38.3 Å². The van der Waals surface area contributed by atoms with Crippen molar-refractivity contribution >= 4 is 40.6 Å². The summed E-state index contributed by atoms with van der Waals surface area (Å²) in [5.41, 5.74) is 2.63. The van der Waals surface area contributed by atoms with Crippen molar-refractivity contribution in [3.63, 3.8) is 0 Å². The lowest BCUT2D eigenvalue weighted by Gasteiger charge is -2.29. The van der Waals surface area contributed by atoms with Crippen molar-refractivity contribution in [3.8, 4) is 5.75 Å². The van der Waals surface area contributed by atoms with E-state index < -0.39 is 0 Å². The molecule has 3 aromatic rings. The number of carbonyl (C=O) groups excluding carboxylic acids is 2. The Bertz CT molecular complexity index is 1310. The van der Waals surface area contributed by atoms with E-state index in [1.807, 2.05) is 42.2 Å². The van der Waals surface area contributed by atoms with Crippen LogP contribution in [0.1, 0.15) is 36.5 Å². The fraction of sp³-hybridized carbons (Fsp3) is 0.357. The zero-order valence-electron chi connectivity index (χ0n) is 21.9. The van der Waals surface area contributed by atoms with E-state index >= 15 is 0 Å². The van der Waals surface area contributed by atoms with Gasteiger partial charge in [-0.2, -0.15) is 4.98 Å². The number of anilines is 5. The first-order valence-electron chi connectivity index (χ1n) is 12.9. The van der Waals surface area contributed by atoms with Gasteiger partial charge in [0, 0.05) is 29.8 Å². The third-order valence-electron chi connectivity index (χ3n) is 6.99. The Labute approximate surface area is 222 Å². The number of nitrogens with zero attached hydrogens (tertiary/aromatic N) is 4. The number of aromatic nitrogens is 2. The molecular formula is C28H33N7O3. The summed E-state index contributed by atoms with van der Waals surface area (Å²) < 4.78 is 5.59. The molecule has 2 aliphatic heterocycles. The number of likely N-dealkylation sites (tertiary alicyclic amines) is 1. The number of benzene rings is 2. The molecule has 38 heavy (non-hydrogen) atoms. The fourth-order valence-electron chi connectivity index (χ4n) is 4.92. The van der Waals surface area contributed by atoms with Gasteiger partial charge < -0.3 is 30.5 Å². The molecule has 1 unspecified atom stereocenters. The number of methoxy groups -OCH3 is 1. The van der Waals surface area contributed by atoms with Crippen LogP contribution in [0.3, 0.4) is 0 Å². The highest BCUT2D eigenvalue weighted by Crippen LogP contribution is 2.37. The number of nitrogens with one attached hydrogen (secondary N) is 3. The molecule has 3 N–H and O–H groups in total. The van der Waals surface area contributed by atoms with E-state index in [1.165, 1.54) is 0 Å². The molecule has 0 aliphatic carbocycles. The van der Waals surface area contributed by atoms with Crippen molar-refractivity contribution in [3.05, 3.63) is 60.3 Å². The van der Waals surface area contributed by atoms with Crippen LogP contribution < -0.4 is 25.6 Å². The molecule has 2 aliphatic rings. The molecule has 0 saturated carbocycles. The van der Waals surface area contributed by atoms with Crippen LogP contribution in [-0.4, -0.2) is 66.0 Å². The van der Waals surface area contributed by atoms with Gasteiger partial charge >= 0.3 is 0 Å². The zero-order valence-corrected chi connectivity index (χ0v) is 21.9. The van der Waals surface area contributed by atoms with Crippen LogP contribution in [0, 0.1) is 0 Å². The minimum absolute atomic E-state index is 0.0859. The number of amides is 2. The van der Waals surface area contributed by atoms with Gasteiger partial charge in [-0.25, -0.2) is 4.98 Å². The van der Waals surface area contributed by atoms with E-state index in [2.05, 4.69) is 32.9 Å². The van der Waals surface area contributed by atoms with E-state index in [1.54, 1.807) is 31.5 Å². The van der Waals surface area contributed by atoms with Crippen LogP contribution in [0.15, 0.2) is 54.7 Å². The number of fused-ring (bicyclic) bond motifs is 1. The zero-order chi connectivity index (χ0) is 26.6. The maximum atomic E-state index is 12.9. The van der Waals surface area contributed by atoms with Crippen molar-refractivity contribution in [2.24, 2.45) is 0 Å². The summed E-state index contributed by atoms with van der Waals surface area (Å²) in [6.45, 7) is 3.94. The third kappa shape index (κ3) is 5.55. The highest BCUT2D eigenvalue weighted by atomic mass is 16.5. The summed E-state index contributed by atoms with van der Waals surface area (Å²) in [5.74, 6) is 1.24. The molecule has 198 valence electrons. The molecule has 1 fully saturated rings. The first-order valence-corrected chi connectivity index (χ1v) is 12.9. The van der Waals surface area contributed by atoms with E-state index in [9.17, 15) is 9.59 Å². The number of hydrogen-bond acceptors (Lipinski definition) is 8. The first kappa shape index (κ1) is 25.5. The molecule has 1 atom stereocenters. The standard InChI is InChI=1S/C28H33N7O3/c1-18-15-25(36)31-23-17-29-28(33-26(23)35(18)21-7-5-4-6-8-21)32-22-10-9-19(16-24(22)38-3)27(37)30-20-11-13-34(2)14-12-20/h4-10,16-18,20H,11-15H2,1-3H3,(H,30,37)(H,31,36)(H,29,32,33). The number of hydrogen-bond donors (Lipinski definition) is 3. The number of rotatable bonds is 6. The molecule has 1 aromatic heterocycles. The van der Waals surface area contributed by atoms with Crippen LogP contribution in [-0.2, 0) is 4.79 Å². The van der Waals surface area contributed by atoms with Crippen LogP contribution in [0.25, 0.3) is 0 Å². The second-order valence-corrected chi connectivity index (χ2v) is 9.83. The molecule has 1 saturated heterocycles. The Hall–Kier alpha value is -4.18. The van der Waals surface area contributed by atoms with Crippen LogP contribution >= 0.6 is 0 Å². The van der Waals surface area contributed by atoms with Gasteiger partial charge in [-0.15, -0.1) is 0 Å². The minimum atomic E-state index is -0.117. The fourth-order valence-corrected chi connectivity index (χ4v) is 4.92. The second-order valence-electron chi connectivity index (χ2n) is 9.83. The minimum Gasteiger partial charge on any atom is -0.495 e. The number of ether oxygens (including phenoxy) is 1. The Balaban J connectivity index is 1.39. The SMILES string of the molecule is COc1cc(C(=O)NC2CCN(C)CC2)ccc1Nc1ncc2c(n1)N(c1ccccc1)C(C)CC(=O)N2. The van der Waals surface area contributed by atoms with E-state index in [0.717, 1.165) is 31.6 Å². The van der Waals surface area contributed by atoms with E-state index in [0.29, 0.717) is 40.9 Å². The lowest BCUT2D eigenvalue weighted by atomic mass is 10.0. The molecule has 0 spiro atoms. The van der Waals surface area contributed by atoms with Crippen molar-refractivity contribution < 1.29 is 14.3 Å². The van der Waals surface area contributed by atoms with Crippen molar-refractivity contribution in [1.82, 2.24) is 20.2 Å². The number of piperidine rings is 1. The summed E-state index contributed by atoms with van der Waals surface area (Å²) in [7, 11) is 3.66. The average Bonchev–Trinajstić information content (AvgIpc) is 3.04. The summed E-state index contributed by atoms with van der Waals surface area (Å²) in [4.78, 5) is 38.9. The molecule has 2 aromatic carbocycles. The molecule has 2 amide bonds. The monoisotopic (exact) mass is 515 g/mol. The largest absolute Gasteiger partial charge is 0.495 e. The van der Waals surface area contributed by atoms with Gasteiger partial charge in [0.05, 0.1) is 19.0 Å². The summed E-state index contributed by atoms with van der Waals surface area (Å²) >= 11 is 0. The van der Waals surface area contributed by atoms with Crippen LogP contribution in [0.5, 0.6) is 5.75 Å². The molecule has 10 nitrogen and oxygen atoms in total. The maximum Gasteiger partial charge on any atom is 0.251 e. The molecule has 3 heterocycles. The lowest BCUT2D eigenvalue weighted by Crippen LogP contribution is -2.43. The topological polar surface area (TPSA) is 112 Å². The van der Waals surface area contributed by atoms with Gasteiger partial charge in [-0.3, -0.25) is 9.59 Å². The van der Waals surface area contributed by atoms with Gasteiger partial charge in [0.25, 0.3) is 5.91 Å². The van der Waals surface area contributed by atoms with Gasteiger partial charge in [0.2, 0.25) is 11.9 Å². The summed E-state index contributed by atoms with van der Waals surface area (Å²) in [5, 5.41) is 9.28. The molecule has 0 bridgehead atoms. The van der Waals surface area contributed by atoms with Gasteiger partial charge in [0.1, 0.15) is 11.4 Å². The third-order valence-corrected chi connectivity index (χ3v) is 6.99. The van der Waals surface area contributed by atoms with Gasteiger partial charge in [0.15, 0.2) is 5.82 Å². The van der Waals surface area contributed by atoms with Gasteiger partial charge in [-0.05, 0) is 70.2 Å². The Morgan fingerprint density at radius 3 is 2.63 bits per heavy atom. The van der Waals surface area contributed by atoms with Gasteiger partial charge in [-0.1, -0.05) is 18.2 Å². The lowest BCUT2D eigenvalue weighted by molar-refractivity contribution is -0.116. The number of para-hydroxylation sites is 1. The van der Waals surface area contributed by atoms with Crippen molar-refractivity contribution in [1.29, 1.82) is 0 Å². The Morgan fingerprint density at radius 2 is 1.89 bits per heavy atom. The molecule has 0 radical (unpaired) electrons. The summed E-state index contributed by atoms with van der Waals surface area (Å²) in [6, 6.07) is 15.2. The van der Waals surface area contributed by atoms with E-state index in [4.69, 9.17) is 9.72 Å². The predicted octanol–water partition coefficient (Wildman–Crippen LogP) is 3.92. The first-order chi connectivity index (χ1) is 18.4. The smallest absolute Gasteiger partial charge is 0.251 e. The highest BCUT2D eigenvalue weighted by molar-refractivity contribution is 5.97. The van der Waals surface area contributed by atoms with E-state index in [-0.39, 0.29) is 23.9 Å². The summed E-state index contributed by atoms with van der Waals surface area (Å²) in [6.07, 6.45) is 3.80. The van der Waals surface area contributed by atoms with Crippen LogP contribution in [0.2, 0.25) is 0 Å². The van der Waals surface area contributed by atoms with Crippen molar-refractivity contribution in [2.75, 3.05) is 42.8 Å². The predicted molar refractivity (Wildman–Crippen MR) is 148 cm³/mol.